The maximum atomic E-state index is 11.7. The van der Waals surface area contributed by atoms with Crippen molar-refractivity contribution in [3.63, 3.8) is 0 Å². The summed E-state index contributed by atoms with van der Waals surface area (Å²) in [4.78, 5) is 11.0. The van der Waals surface area contributed by atoms with Gasteiger partial charge < -0.3 is 0 Å². The zero-order valence-electron chi connectivity index (χ0n) is 6.15. The van der Waals surface area contributed by atoms with Crippen LogP contribution in [0.25, 0.3) is 0 Å². The Morgan fingerprint density at radius 3 is 2.58 bits per heavy atom. The SMILES string of the molecule is O=C(/C=C1/CCCS1)C(F)(F)F. The first-order valence-corrected chi connectivity index (χ1v) is 4.43. The van der Waals surface area contributed by atoms with Crippen LogP contribution in [0, 0.1) is 0 Å². The topological polar surface area (TPSA) is 17.1 Å². The molecule has 0 amide bonds. The molecule has 0 unspecified atom stereocenters. The normalized spacial score (nSPS) is 21.8. The Balaban J connectivity index is 2.60. The highest BCUT2D eigenvalue weighted by molar-refractivity contribution is 8.03. The summed E-state index contributed by atoms with van der Waals surface area (Å²) in [6, 6.07) is 0. The van der Waals surface area contributed by atoms with Crippen molar-refractivity contribution in [2.75, 3.05) is 5.75 Å². The lowest BCUT2D eigenvalue weighted by atomic mass is 10.2. The van der Waals surface area contributed by atoms with Crippen molar-refractivity contribution in [3.8, 4) is 0 Å². The van der Waals surface area contributed by atoms with Crippen LogP contribution in [0.4, 0.5) is 13.2 Å². The second kappa shape index (κ2) is 3.51. The summed E-state index contributed by atoms with van der Waals surface area (Å²) >= 11 is 1.33. The van der Waals surface area contributed by atoms with Crippen molar-refractivity contribution in [3.05, 3.63) is 11.0 Å². The van der Waals surface area contributed by atoms with Crippen LogP contribution in [0.1, 0.15) is 12.8 Å². The molecule has 0 saturated carbocycles. The second-order valence-corrected chi connectivity index (χ2v) is 3.65. The Kier molecular flexibility index (Phi) is 2.82. The van der Waals surface area contributed by atoms with E-state index in [9.17, 15) is 18.0 Å². The zero-order chi connectivity index (χ0) is 9.19. The Hall–Kier alpha value is -0.450. The van der Waals surface area contributed by atoms with E-state index < -0.39 is 12.0 Å². The molecule has 1 fully saturated rings. The first kappa shape index (κ1) is 9.64. The minimum absolute atomic E-state index is 0.553. The summed E-state index contributed by atoms with van der Waals surface area (Å²) in [6.07, 6.45) is -2.54. The average Bonchev–Trinajstić information content (AvgIpc) is 2.37. The van der Waals surface area contributed by atoms with Gasteiger partial charge in [-0.3, -0.25) is 4.79 Å². The maximum Gasteiger partial charge on any atom is 0.454 e. The van der Waals surface area contributed by atoms with Crippen LogP contribution in [-0.2, 0) is 4.79 Å². The van der Waals surface area contributed by atoms with Crippen molar-refractivity contribution in [1.82, 2.24) is 0 Å². The predicted molar refractivity (Wildman–Crippen MR) is 40.8 cm³/mol. The predicted octanol–water partition coefficient (Wildman–Crippen LogP) is 2.53. The van der Waals surface area contributed by atoms with Gasteiger partial charge in [-0.15, -0.1) is 11.8 Å². The van der Waals surface area contributed by atoms with Gasteiger partial charge in [-0.25, -0.2) is 0 Å². The Labute approximate surface area is 72.0 Å². The standard InChI is InChI=1S/C7H7F3OS/c8-7(9,10)6(11)4-5-2-1-3-12-5/h4H,1-3H2/b5-4-. The van der Waals surface area contributed by atoms with E-state index in [1.807, 2.05) is 0 Å². The molecule has 1 saturated heterocycles. The molecule has 0 bridgehead atoms. The third-order valence-corrected chi connectivity index (χ3v) is 2.61. The Bertz CT molecular complexity index is 211. The molecule has 1 aliphatic heterocycles. The van der Waals surface area contributed by atoms with Crippen LogP contribution >= 0.6 is 11.8 Å². The largest absolute Gasteiger partial charge is 0.454 e. The number of alkyl halides is 3. The van der Waals surface area contributed by atoms with Crippen LogP contribution in [0.15, 0.2) is 11.0 Å². The van der Waals surface area contributed by atoms with Crippen molar-refractivity contribution < 1.29 is 18.0 Å². The zero-order valence-corrected chi connectivity index (χ0v) is 6.97. The number of thioether (sulfide) groups is 1. The fourth-order valence-electron chi connectivity index (χ4n) is 0.864. The van der Waals surface area contributed by atoms with Gasteiger partial charge >= 0.3 is 6.18 Å². The lowest BCUT2D eigenvalue weighted by Crippen LogP contribution is -2.20. The van der Waals surface area contributed by atoms with Crippen molar-refractivity contribution in [2.45, 2.75) is 19.0 Å². The van der Waals surface area contributed by atoms with E-state index in [4.69, 9.17) is 0 Å². The number of ketones is 1. The first-order valence-electron chi connectivity index (χ1n) is 3.44. The van der Waals surface area contributed by atoms with Gasteiger partial charge in [0.25, 0.3) is 5.78 Å². The van der Waals surface area contributed by atoms with E-state index >= 15 is 0 Å². The van der Waals surface area contributed by atoms with E-state index in [1.54, 1.807) is 0 Å². The molecule has 0 N–H and O–H groups in total. The van der Waals surface area contributed by atoms with Crippen LogP contribution < -0.4 is 0 Å². The fraction of sp³-hybridized carbons (Fsp3) is 0.571. The van der Waals surface area contributed by atoms with E-state index in [2.05, 4.69) is 0 Å². The summed E-state index contributed by atoms with van der Waals surface area (Å²) in [5, 5.41) is 0. The Morgan fingerprint density at radius 2 is 2.17 bits per heavy atom. The monoisotopic (exact) mass is 196 g/mol. The minimum Gasteiger partial charge on any atom is -0.285 e. The second-order valence-electron chi connectivity index (χ2n) is 2.42. The van der Waals surface area contributed by atoms with Gasteiger partial charge in [-0.2, -0.15) is 13.2 Å². The molecule has 1 aliphatic rings. The van der Waals surface area contributed by atoms with Crippen LogP contribution in [0.3, 0.4) is 0 Å². The molecular formula is C7H7F3OS. The van der Waals surface area contributed by atoms with Crippen LogP contribution in [0.2, 0.25) is 0 Å². The van der Waals surface area contributed by atoms with Crippen molar-refractivity contribution in [1.29, 1.82) is 0 Å². The highest BCUT2D eigenvalue weighted by atomic mass is 32.2. The highest BCUT2D eigenvalue weighted by Gasteiger charge is 2.36. The van der Waals surface area contributed by atoms with Gasteiger partial charge in [0.1, 0.15) is 0 Å². The molecule has 0 spiro atoms. The molecule has 0 radical (unpaired) electrons. The van der Waals surface area contributed by atoms with Gasteiger partial charge in [-0.05, 0) is 23.5 Å². The molecule has 1 nitrogen and oxygen atoms in total. The summed E-state index contributed by atoms with van der Waals surface area (Å²) in [6.45, 7) is 0. The molecule has 5 heteroatoms. The number of carbonyl (C=O) groups excluding carboxylic acids is 1. The number of halogens is 3. The van der Waals surface area contributed by atoms with E-state index in [0.717, 1.165) is 12.2 Å². The average molecular weight is 196 g/mol. The number of rotatable bonds is 1. The van der Waals surface area contributed by atoms with Crippen molar-refractivity contribution >= 4 is 17.5 Å². The number of hydrogen-bond acceptors (Lipinski definition) is 2. The molecule has 0 atom stereocenters. The summed E-state index contributed by atoms with van der Waals surface area (Å²) in [7, 11) is 0. The molecule has 12 heavy (non-hydrogen) atoms. The van der Waals surface area contributed by atoms with E-state index in [0.29, 0.717) is 17.4 Å². The number of hydrogen-bond donors (Lipinski definition) is 0. The number of allylic oxidation sites excluding steroid dienone is 2. The Morgan fingerprint density at radius 1 is 1.50 bits per heavy atom. The van der Waals surface area contributed by atoms with Gasteiger partial charge in [0, 0.05) is 6.08 Å². The van der Waals surface area contributed by atoms with Crippen LogP contribution in [0.5, 0.6) is 0 Å². The fourth-order valence-corrected chi connectivity index (χ4v) is 1.89. The summed E-state index contributed by atoms with van der Waals surface area (Å²) < 4.78 is 35.1. The maximum absolute atomic E-state index is 11.7. The molecule has 1 heterocycles. The molecule has 0 aliphatic carbocycles. The summed E-state index contributed by atoms with van der Waals surface area (Å²) in [5.74, 6) is -0.927. The van der Waals surface area contributed by atoms with E-state index in [-0.39, 0.29) is 0 Å². The van der Waals surface area contributed by atoms with Crippen LogP contribution in [-0.4, -0.2) is 17.7 Å². The highest BCUT2D eigenvalue weighted by Crippen LogP contribution is 2.31. The lowest BCUT2D eigenvalue weighted by Gasteiger charge is -2.00. The molecule has 1 rings (SSSR count). The third-order valence-electron chi connectivity index (χ3n) is 1.43. The molecule has 68 valence electrons. The number of carbonyl (C=O) groups is 1. The van der Waals surface area contributed by atoms with Crippen molar-refractivity contribution in [2.24, 2.45) is 0 Å². The smallest absolute Gasteiger partial charge is 0.285 e. The first-order chi connectivity index (χ1) is 5.50. The van der Waals surface area contributed by atoms with Gasteiger partial charge in [0.2, 0.25) is 0 Å². The van der Waals surface area contributed by atoms with E-state index in [1.165, 1.54) is 11.8 Å². The van der Waals surface area contributed by atoms with Gasteiger partial charge in [0.15, 0.2) is 0 Å². The molecular weight excluding hydrogens is 189 g/mol. The molecule has 0 aromatic carbocycles. The summed E-state index contributed by atoms with van der Waals surface area (Å²) in [5.41, 5.74) is 0. The molecule has 0 aromatic heterocycles. The van der Waals surface area contributed by atoms with Gasteiger partial charge in [0.05, 0.1) is 0 Å². The quantitative estimate of drug-likeness (QED) is 0.599. The molecule has 0 aromatic rings. The lowest BCUT2D eigenvalue weighted by molar-refractivity contribution is -0.165. The third kappa shape index (κ3) is 2.55. The minimum atomic E-state index is -4.71. The van der Waals surface area contributed by atoms with Gasteiger partial charge in [-0.1, -0.05) is 0 Å².